The van der Waals surface area contributed by atoms with Crippen LogP contribution in [0.1, 0.15) is 25.0 Å². The molecular weight excluding hydrogens is 366 g/mol. The van der Waals surface area contributed by atoms with Crippen LogP contribution in [0.5, 0.6) is 0 Å². The summed E-state index contributed by atoms with van der Waals surface area (Å²) in [5, 5.41) is 12.0. The minimum absolute atomic E-state index is 0.466. The van der Waals surface area contributed by atoms with Crippen molar-refractivity contribution in [3.05, 3.63) is 121 Å². The molecule has 0 heterocycles. The molecule has 0 aliphatic carbocycles. The van der Waals surface area contributed by atoms with Crippen LogP contribution < -0.4 is 5.32 Å². The minimum Gasteiger partial charge on any atom is -0.338 e. The van der Waals surface area contributed by atoms with Crippen molar-refractivity contribution >= 4 is 23.3 Å². The van der Waals surface area contributed by atoms with Crippen LogP contribution in [0.4, 0.5) is 5.69 Å². The fourth-order valence-corrected chi connectivity index (χ4v) is 2.49. The fourth-order valence-electron chi connectivity index (χ4n) is 2.49. The summed E-state index contributed by atoms with van der Waals surface area (Å²) in [7, 11) is 0. The topological polar surface area (TPSA) is 36.8 Å². The lowest BCUT2D eigenvalue weighted by molar-refractivity contribution is 0.832. The van der Waals surface area contributed by atoms with Gasteiger partial charge in [-0.15, -0.1) is 5.10 Å². The molecule has 3 heteroatoms. The average molecular weight is 396 g/mol. The quantitative estimate of drug-likeness (QED) is 0.210. The Morgan fingerprint density at radius 1 is 0.967 bits per heavy atom. The summed E-state index contributed by atoms with van der Waals surface area (Å²) < 4.78 is 0. The van der Waals surface area contributed by atoms with Crippen molar-refractivity contribution in [2.45, 2.75) is 13.8 Å². The Kier molecular flexibility index (Phi) is 9.01. The minimum atomic E-state index is 0.466. The summed E-state index contributed by atoms with van der Waals surface area (Å²) in [6, 6.07) is 17.8. The van der Waals surface area contributed by atoms with E-state index in [2.05, 4.69) is 55.2 Å². The lowest BCUT2D eigenvalue weighted by Crippen LogP contribution is -2.13. The second-order valence-corrected chi connectivity index (χ2v) is 6.99. The second kappa shape index (κ2) is 12.0. The normalized spacial score (nSPS) is 12.5. The van der Waals surface area contributed by atoms with Gasteiger partial charge in [0, 0.05) is 11.3 Å². The van der Waals surface area contributed by atoms with Crippen LogP contribution in [0.25, 0.3) is 5.57 Å². The fraction of sp³-hybridized carbons (Fsp3) is 0.111. The average Bonchev–Trinajstić information content (AvgIpc) is 2.76. The molecule has 3 nitrogen and oxygen atoms in total. The number of nitrogens with zero attached hydrogens (tertiary/aromatic N) is 2. The summed E-state index contributed by atoms with van der Waals surface area (Å²) in [4.78, 5) is 0. The maximum absolute atomic E-state index is 4.42. The Balaban J connectivity index is 2.29. The Hall–Kier alpha value is -3.72. The number of allylic oxidation sites excluding steroid dienone is 5. The maximum atomic E-state index is 4.42. The lowest BCUT2D eigenvalue weighted by atomic mass is 10.1. The highest BCUT2D eigenvalue weighted by atomic mass is 15.2. The van der Waals surface area contributed by atoms with E-state index in [0.29, 0.717) is 11.8 Å². The van der Waals surface area contributed by atoms with Gasteiger partial charge in [-0.25, -0.2) is 0 Å². The summed E-state index contributed by atoms with van der Waals surface area (Å²) in [5.74, 6) is 1.09. The van der Waals surface area contributed by atoms with Gasteiger partial charge in [-0.2, -0.15) is 5.10 Å². The van der Waals surface area contributed by atoms with Gasteiger partial charge in [0.1, 0.15) is 0 Å². The first-order chi connectivity index (χ1) is 14.5. The van der Waals surface area contributed by atoms with Crippen LogP contribution in [0.15, 0.2) is 120 Å². The molecular formula is C27H29N3. The van der Waals surface area contributed by atoms with Crippen LogP contribution in [0.2, 0.25) is 0 Å². The molecule has 0 spiro atoms. The van der Waals surface area contributed by atoms with Crippen molar-refractivity contribution in [2.75, 3.05) is 5.32 Å². The van der Waals surface area contributed by atoms with Gasteiger partial charge in [-0.05, 0) is 34.8 Å². The molecule has 0 amide bonds. The number of para-hydroxylation sites is 1. The van der Waals surface area contributed by atoms with Gasteiger partial charge >= 0.3 is 0 Å². The highest BCUT2D eigenvalue weighted by Crippen LogP contribution is 2.14. The third-order valence-corrected chi connectivity index (χ3v) is 4.19. The van der Waals surface area contributed by atoms with E-state index in [0.717, 1.165) is 28.0 Å². The molecule has 0 bridgehead atoms. The predicted molar refractivity (Wildman–Crippen MR) is 133 cm³/mol. The van der Waals surface area contributed by atoms with Crippen LogP contribution in [0.3, 0.4) is 0 Å². The van der Waals surface area contributed by atoms with Gasteiger partial charge in [-0.1, -0.05) is 106 Å². The van der Waals surface area contributed by atoms with Crippen molar-refractivity contribution in [3.63, 3.8) is 0 Å². The van der Waals surface area contributed by atoms with Crippen molar-refractivity contribution in [2.24, 2.45) is 16.1 Å². The standard InChI is InChI=1S/C27H29N3/c1-6-22(5)25-18-16-23(17-19-25)20-28-30-27(29-26-14-9-8-10-15-26)24(7-2)13-11-12-21(3)4/h6-21H,1-2,5H2,3-4H3,(H,29,30)/b12-11+,24-13+,28-20+. The molecule has 0 radical (unpaired) electrons. The predicted octanol–water partition coefficient (Wildman–Crippen LogP) is 7.05. The summed E-state index contributed by atoms with van der Waals surface area (Å²) in [6.07, 6.45) is 11.3. The molecule has 0 aliphatic heterocycles. The van der Waals surface area contributed by atoms with E-state index in [4.69, 9.17) is 0 Å². The van der Waals surface area contributed by atoms with E-state index >= 15 is 0 Å². The van der Waals surface area contributed by atoms with Gasteiger partial charge in [0.25, 0.3) is 0 Å². The van der Waals surface area contributed by atoms with Crippen molar-refractivity contribution in [1.82, 2.24) is 0 Å². The number of hydrogen-bond donors (Lipinski definition) is 1. The largest absolute Gasteiger partial charge is 0.338 e. The lowest BCUT2D eigenvalue weighted by Gasteiger charge is -2.09. The van der Waals surface area contributed by atoms with E-state index in [9.17, 15) is 0 Å². The first-order valence-electron chi connectivity index (χ1n) is 9.89. The number of nitrogens with one attached hydrogen (secondary N) is 1. The zero-order valence-electron chi connectivity index (χ0n) is 17.8. The van der Waals surface area contributed by atoms with Crippen molar-refractivity contribution < 1.29 is 0 Å². The van der Waals surface area contributed by atoms with Crippen molar-refractivity contribution in [1.29, 1.82) is 0 Å². The zero-order chi connectivity index (χ0) is 21.8. The molecule has 0 saturated heterocycles. The molecule has 0 saturated carbocycles. The van der Waals surface area contributed by atoms with Gasteiger partial charge in [-0.3, -0.25) is 0 Å². The second-order valence-electron chi connectivity index (χ2n) is 6.99. The Morgan fingerprint density at radius 3 is 2.27 bits per heavy atom. The van der Waals surface area contributed by atoms with Crippen LogP contribution >= 0.6 is 0 Å². The summed E-state index contributed by atoms with van der Waals surface area (Å²) in [6.45, 7) is 15.9. The number of anilines is 1. The molecule has 1 N–H and O–H groups in total. The maximum Gasteiger partial charge on any atom is 0.160 e. The molecule has 0 atom stereocenters. The van der Waals surface area contributed by atoms with Crippen molar-refractivity contribution in [3.8, 4) is 0 Å². The van der Waals surface area contributed by atoms with Crippen LogP contribution in [-0.2, 0) is 0 Å². The highest BCUT2D eigenvalue weighted by molar-refractivity contribution is 6.10. The summed E-state index contributed by atoms with van der Waals surface area (Å²) in [5.41, 5.74) is 4.65. The SMILES string of the molecule is C=CC(=C)c1ccc(/C=N/N=C(Nc2ccccc2)/C(C=C)=C/C=C/C(C)C)cc1. The van der Waals surface area contributed by atoms with Crippen LogP contribution in [-0.4, -0.2) is 12.1 Å². The highest BCUT2D eigenvalue weighted by Gasteiger charge is 2.04. The summed E-state index contributed by atoms with van der Waals surface area (Å²) >= 11 is 0. The van der Waals surface area contributed by atoms with Gasteiger partial charge in [0.05, 0.1) is 6.21 Å². The van der Waals surface area contributed by atoms with E-state index in [-0.39, 0.29) is 0 Å². The molecule has 2 aromatic carbocycles. The number of amidine groups is 1. The van der Waals surface area contributed by atoms with E-state index < -0.39 is 0 Å². The number of rotatable bonds is 9. The molecule has 0 aliphatic rings. The smallest absolute Gasteiger partial charge is 0.160 e. The number of benzene rings is 2. The van der Waals surface area contributed by atoms with E-state index in [1.54, 1.807) is 18.4 Å². The monoisotopic (exact) mass is 395 g/mol. The van der Waals surface area contributed by atoms with Gasteiger partial charge in [0.2, 0.25) is 0 Å². The first-order valence-corrected chi connectivity index (χ1v) is 9.89. The molecule has 2 aromatic rings. The van der Waals surface area contributed by atoms with E-state index in [1.807, 2.05) is 66.7 Å². The molecule has 2 rings (SSSR count). The zero-order valence-corrected chi connectivity index (χ0v) is 17.8. The molecule has 0 aromatic heterocycles. The van der Waals surface area contributed by atoms with Gasteiger partial charge in [0.15, 0.2) is 5.84 Å². The third kappa shape index (κ3) is 7.36. The molecule has 30 heavy (non-hydrogen) atoms. The first kappa shape index (κ1) is 22.6. The third-order valence-electron chi connectivity index (χ3n) is 4.19. The van der Waals surface area contributed by atoms with Gasteiger partial charge < -0.3 is 5.32 Å². The van der Waals surface area contributed by atoms with E-state index in [1.165, 1.54) is 0 Å². The molecule has 0 fully saturated rings. The Morgan fingerprint density at radius 2 is 1.67 bits per heavy atom. The molecule has 0 unspecified atom stereocenters. The number of hydrogen-bond acceptors (Lipinski definition) is 2. The Bertz CT molecular complexity index is 973. The van der Waals surface area contributed by atoms with Crippen LogP contribution in [0, 0.1) is 5.92 Å². The molecule has 152 valence electrons. The Labute approximate surface area is 180 Å².